The Morgan fingerprint density at radius 2 is 2.05 bits per heavy atom. The highest BCUT2D eigenvalue weighted by Crippen LogP contribution is 2.38. The van der Waals surface area contributed by atoms with Crippen molar-refractivity contribution in [3.8, 4) is 17.3 Å². The number of amides is 1. The van der Waals surface area contributed by atoms with E-state index in [9.17, 15) is 23.2 Å². The molecular formula is C25H22F4N10O. The van der Waals surface area contributed by atoms with E-state index in [-0.39, 0.29) is 25.9 Å². The minimum atomic E-state index is -4.79. The molecule has 11 nitrogen and oxygen atoms in total. The quantitative estimate of drug-likeness (QED) is 0.373. The summed E-state index contributed by atoms with van der Waals surface area (Å²) in [6, 6.07) is 4.66. The monoisotopic (exact) mass is 554 g/mol. The van der Waals surface area contributed by atoms with Crippen molar-refractivity contribution >= 4 is 16.9 Å². The van der Waals surface area contributed by atoms with Crippen molar-refractivity contribution in [2.75, 3.05) is 26.2 Å². The molecular weight excluding hydrogens is 532 g/mol. The first-order valence-electron chi connectivity index (χ1n) is 12.5. The van der Waals surface area contributed by atoms with E-state index in [0.717, 1.165) is 23.2 Å². The number of fused-ring (bicyclic) bond motifs is 1. The van der Waals surface area contributed by atoms with Crippen LogP contribution in [0.25, 0.3) is 22.3 Å². The minimum absolute atomic E-state index is 0.156. The molecule has 0 saturated carbocycles. The molecule has 0 bridgehead atoms. The third-order valence-corrected chi connectivity index (χ3v) is 7.49. The average molecular weight is 555 g/mol. The molecule has 1 N–H and O–H groups in total. The molecule has 6 heterocycles. The SMILES string of the molecule is N#CCC1(n2cc(-c3ncnc4[nH]ccc34)cn2)CN([C@@H]2CCN(C(=O)c3ccnc(C(F)(F)F)n3)C[C@@H]2F)C1. The fourth-order valence-electron chi connectivity index (χ4n) is 5.50. The maximum atomic E-state index is 15.3. The van der Waals surface area contributed by atoms with Crippen LogP contribution in [0, 0.1) is 11.3 Å². The number of nitrogens with one attached hydrogen (secondary N) is 1. The zero-order valence-corrected chi connectivity index (χ0v) is 20.9. The van der Waals surface area contributed by atoms with Crippen LogP contribution < -0.4 is 0 Å². The van der Waals surface area contributed by atoms with Gasteiger partial charge in [-0.25, -0.2) is 24.3 Å². The van der Waals surface area contributed by atoms with Crippen molar-refractivity contribution in [1.29, 1.82) is 5.26 Å². The lowest BCUT2D eigenvalue weighted by Gasteiger charge is -2.54. The van der Waals surface area contributed by atoms with Crippen LogP contribution in [0.2, 0.25) is 0 Å². The largest absolute Gasteiger partial charge is 0.451 e. The Morgan fingerprint density at radius 1 is 1.23 bits per heavy atom. The molecule has 2 saturated heterocycles. The van der Waals surface area contributed by atoms with E-state index in [1.807, 2.05) is 17.2 Å². The fraction of sp³-hybridized carbons (Fsp3) is 0.400. The second-order valence-corrected chi connectivity index (χ2v) is 9.99. The van der Waals surface area contributed by atoms with Crippen LogP contribution in [0.4, 0.5) is 17.6 Å². The second kappa shape index (κ2) is 9.63. The van der Waals surface area contributed by atoms with E-state index in [1.165, 1.54) is 11.2 Å². The summed E-state index contributed by atoms with van der Waals surface area (Å²) in [4.78, 5) is 34.0. The molecule has 40 heavy (non-hydrogen) atoms. The summed E-state index contributed by atoms with van der Waals surface area (Å²) < 4.78 is 55.9. The summed E-state index contributed by atoms with van der Waals surface area (Å²) in [5.41, 5.74) is 1.07. The van der Waals surface area contributed by atoms with Gasteiger partial charge in [0.15, 0.2) is 0 Å². The van der Waals surface area contributed by atoms with Gasteiger partial charge in [0.2, 0.25) is 5.82 Å². The van der Waals surface area contributed by atoms with Crippen molar-refractivity contribution in [3.05, 3.63) is 54.8 Å². The molecule has 0 aliphatic carbocycles. The number of nitriles is 1. The zero-order chi connectivity index (χ0) is 28.1. The number of piperidine rings is 1. The third kappa shape index (κ3) is 4.43. The predicted octanol–water partition coefficient (Wildman–Crippen LogP) is 2.81. The van der Waals surface area contributed by atoms with Crippen molar-refractivity contribution < 1.29 is 22.4 Å². The van der Waals surface area contributed by atoms with Crippen LogP contribution in [-0.4, -0.2) is 88.8 Å². The Hall–Kier alpha value is -4.45. The number of alkyl halides is 4. The molecule has 0 spiro atoms. The van der Waals surface area contributed by atoms with E-state index in [2.05, 4.69) is 36.1 Å². The van der Waals surface area contributed by atoms with Gasteiger partial charge < -0.3 is 9.88 Å². The predicted molar refractivity (Wildman–Crippen MR) is 131 cm³/mol. The molecule has 206 valence electrons. The smallest absolute Gasteiger partial charge is 0.346 e. The van der Waals surface area contributed by atoms with Crippen molar-refractivity contribution in [1.82, 2.24) is 44.5 Å². The molecule has 15 heteroatoms. The Balaban J connectivity index is 1.14. The molecule has 2 fully saturated rings. The minimum Gasteiger partial charge on any atom is -0.346 e. The number of carbonyl (C=O) groups excluding carboxylic acids is 1. The third-order valence-electron chi connectivity index (χ3n) is 7.49. The molecule has 1 amide bonds. The number of hydrogen-bond donors (Lipinski definition) is 1. The molecule has 2 aliphatic heterocycles. The van der Waals surface area contributed by atoms with Crippen LogP contribution >= 0.6 is 0 Å². The number of nitrogens with zero attached hydrogens (tertiary/aromatic N) is 9. The Morgan fingerprint density at radius 3 is 2.80 bits per heavy atom. The number of aromatic nitrogens is 7. The van der Waals surface area contributed by atoms with E-state index in [4.69, 9.17) is 0 Å². The summed E-state index contributed by atoms with van der Waals surface area (Å²) in [5, 5.41) is 14.9. The first-order chi connectivity index (χ1) is 19.2. The molecule has 0 radical (unpaired) electrons. The maximum Gasteiger partial charge on any atom is 0.451 e. The van der Waals surface area contributed by atoms with Gasteiger partial charge in [-0.1, -0.05) is 0 Å². The van der Waals surface area contributed by atoms with Gasteiger partial charge in [0.25, 0.3) is 5.91 Å². The van der Waals surface area contributed by atoms with Gasteiger partial charge in [0.05, 0.1) is 30.9 Å². The lowest BCUT2D eigenvalue weighted by molar-refractivity contribution is -0.145. The standard InChI is InChI=1S/C25H22F4N10O/c26-17-11-37(22(40)18-2-7-32-23(36-18)25(27,28)29)8-3-19(17)38-12-24(13-38,4-5-30)39-10-15(9-35-39)20-16-1-6-31-21(16)34-14-33-20/h1-2,6-7,9-10,14,17,19H,3-4,8,11-13H2,(H,31,33,34)/t17-,19+/m0/s1. The van der Waals surface area contributed by atoms with Gasteiger partial charge in [-0.15, -0.1) is 0 Å². The van der Waals surface area contributed by atoms with Gasteiger partial charge >= 0.3 is 6.18 Å². The molecule has 6 rings (SSSR count). The van der Waals surface area contributed by atoms with Gasteiger partial charge in [-0.3, -0.25) is 14.4 Å². The van der Waals surface area contributed by atoms with E-state index in [1.54, 1.807) is 17.1 Å². The molecule has 0 aromatic carbocycles. The summed E-state index contributed by atoms with van der Waals surface area (Å²) >= 11 is 0. The van der Waals surface area contributed by atoms with Crippen LogP contribution in [0.3, 0.4) is 0 Å². The molecule has 0 unspecified atom stereocenters. The van der Waals surface area contributed by atoms with E-state index < -0.39 is 41.4 Å². The van der Waals surface area contributed by atoms with Crippen LogP contribution in [0.15, 0.2) is 43.2 Å². The summed E-state index contributed by atoms with van der Waals surface area (Å²) in [6.07, 6.45) is 1.82. The summed E-state index contributed by atoms with van der Waals surface area (Å²) in [7, 11) is 0. The van der Waals surface area contributed by atoms with Crippen molar-refractivity contribution in [2.24, 2.45) is 0 Å². The number of H-pyrrole nitrogens is 1. The van der Waals surface area contributed by atoms with Crippen LogP contribution in [-0.2, 0) is 11.7 Å². The lowest BCUT2D eigenvalue weighted by Crippen LogP contribution is -2.68. The van der Waals surface area contributed by atoms with Gasteiger partial charge in [0, 0.05) is 55.2 Å². The first kappa shape index (κ1) is 25.8. The highest BCUT2D eigenvalue weighted by atomic mass is 19.4. The molecule has 4 aromatic heterocycles. The number of likely N-dealkylation sites (tertiary alicyclic amines) is 2. The first-order valence-corrected chi connectivity index (χ1v) is 12.5. The van der Waals surface area contributed by atoms with Crippen LogP contribution in [0.1, 0.15) is 29.2 Å². The highest BCUT2D eigenvalue weighted by Gasteiger charge is 2.50. The van der Waals surface area contributed by atoms with E-state index >= 15 is 4.39 Å². The van der Waals surface area contributed by atoms with Crippen LogP contribution in [0.5, 0.6) is 0 Å². The highest BCUT2D eigenvalue weighted by molar-refractivity contribution is 5.92. The number of halogens is 4. The normalized spacial score (nSPS) is 21.2. The van der Waals surface area contributed by atoms with Gasteiger partial charge in [-0.05, 0) is 18.6 Å². The van der Waals surface area contributed by atoms with Crippen molar-refractivity contribution in [2.45, 2.75) is 36.8 Å². The van der Waals surface area contributed by atoms with E-state index in [0.29, 0.717) is 24.4 Å². The van der Waals surface area contributed by atoms with Crippen molar-refractivity contribution in [3.63, 3.8) is 0 Å². The Labute approximate surface area is 224 Å². The zero-order valence-electron chi connectivity index (χ0n) is 20.9. The summed E-state index contributed by atoms with van der Waals surface area (Å²) in [5.74, 6) is -2.19. The maximum absolute atomic E-state index is 15.3. The number of rotatable bonds is 5. The lowest BCUT2D eigenvalue weighted by atomic mass is 9.83. The Bertz CT molecular complexity index is 1600. The molecule has 2 atom stereocenters. The summed E-state index contributed by atoms with van der Waals surface area (Å²) in [6.45, 7) is 0.641. The number of hydrogen-bond acceptors (Lipinski definition) is 8. The number of aromatic amines is 1. The molecule has 2 aliphatic rings. The fourth-order valence-corrected chi connectivity index (χ4v) is 5.50. The second-order valence-electron chi connectivity index (χ2n) is 9.99. The van der Waals surface area contributed by atoms with Gasteiger partial charge in [0.1, 0.15) is 29.4 Å². The topological polar surface area (TPSA) is 133 Å². The Kier molecular flexibility index (Phi) is 6.21. The average Bonchev–Trinajstić information content (AvgIpc) is 3.60. The molecule has 4 aromatic rings. The van der Waals surface area contributed by atoms with Gasteiger partial charge in [-0.2, -0.15) is 23.5 Å². The number of carbonyl (C=O) groups is 1.